The second-order valence-corrected chi connectivity index (χ2v) is 20.2. The molecular weight excluding hydrogens is 747 g/mol. The van der Waals surface area contributed by atoms with Crippen LogP contribution in [0.4, 0.5) is 11.4 Å². The summed E-state index contributed by atoms with van der Waals surface area (Å²) in [7, 11) is 0. The molecule has 5 heteroatoms. The fourth-order valence-corrected chi connectivity index (χ4v) is 13.1. The zero-order chi connectivity index (χ0) is 40.0. The zero-order valence-corrected chi connectivity index (χ0v) is 35.2. The molecule has 0 radical (unpaired) electrons. The Morgan fingerprint density at radius 1 is 0.617 bits per heavy atom. The van der Waals surface area contributed by atoms with E-state index in [1.807, 2.05) is 11.3 Å². The smallest absolute Gasteiger partial charge is 0.333 e. The van der Waals surface area contributed by atoms with Crippen molar-refractivity contribution in [3.63, 3.8) is 0 Å². The minimum Gasteiger partial charge on any atom is -0.454 e. The van der Waals surface area contributed by atoms with Crippen molar-refractivity contribution in [3.8, 4) is 16.8 Å². The minimum atomic E-state index is -0.0988. The van der Waals surface area contributed by atoms with Gasteiger partial charge in [0.15, 0.2) is 5.58 Å². The predicted molar refractivity (Wildman–Crippen MR) is 258 cm³/mol. The molecular formula is C55H41BN2OS. The summed E-state index contributed by atoms with van der Waals surface area (Å²) in [6.07, 6.45) is 2.36. The number of hydrogen-bond donors (Lipinski definition) is 0. The number of nitrogens with zero attached hydrogens (tertiary/aromatic N) is 2. The lowest BCUT2D eigenvalue weighted by molar-refractivity contribution is 0.332. The van der Waals surface area contributed by atoms with Crippen molar-refractivity contribution in [3.05, 3.63) is 150 Å². The maximum Gasteiger partial charge on any atom is 0.333 e. The zero-order valence-electron chi connectivity index (χ0n) is 34.4. The van der Waals surface area contributed by atoms with E-state index in [1.54, 1.807) is 0 Å². The van der Waals surface area contributed by atoms with E-state index in [4.69, 9.17) is 4.42 Å². The average Bonchev–Trinajstić information content (AvgIpc) is 3.93. The largest absolute Gasteiger partial charge is 0.454 e. The Bertz CT molecular complexity index is 3770. The number of aromatic nitrogens is 1. The van der Waals surface area contributed by atoms with Gasteiger partial charge in [0.25, 0.3) is 0 Å². The first-order chi connectivity index (χ1) is 29.2. The van der Waals surface area contributed by atoms with Gasteiger partial charge < -0.3 is 13.8 Å². The topological polar surface area (TPSA) is 21.3 Å². The van der Waals surface area contributed by atoms with Crippen LogP contribution in [0.3, 0.4) is 0 Å². The van der Waals surface area contributed by atoms with Gasteiger partial charge in [0, 0.05) is 58.7 Å². The fourth-order valence-electron chi connectivity index (χ4n) is 11.8. The van der Waals surface area contributed by atoms with Gasteiger partial charge in [-0.1, -0.05) is 119 Å². The van der Waals surface area contributed by atoms with E-state index in [0.29, 0.717) is 0 Å². The maximum absolute atomic E-state index is 7.15. The van der Waals surface area contributed by atoms with E-state index in [9.17, 15) is 0 Å². The summed E-state index contributed by atoms with van der Waals surface area (Å²) < 4.78 is 12.4. The van der Waals surface area contributed by atoms with Gasteiger partial charge in [-0.05, 0) is 117 Å². The van der Waals surface area contributed by atoms with Gasteiger partial charge in [-0.2, -0.15) is 0 Å². The number of hydrogen-bond acceptors (Lipinski definition) is 3. The second kappa shape index (κ2) is 11.1. The molecule has 11 aromatic rings. The van der Waals surface area contributed by atoms with Crippen molar-refractivity contribution in [2.45, 2.75) is 58.3 Å². The lowest BCUT2D eigenvalue weighted by atomic mass is 9.43. The van der Waals surface area contributed by atoms with Crippen LogP contribution < -0.4 is 15.7 Å². The Kier molecular flexibility index (Phi) is 6.20. The molecule has 286 valence electrons. The highest BCUT2D eigenvalue weighted by molar-refractivity contribution is 7.26. The van der Waals surface area contributed by atoms with Crippen LogP contribution in [-0.2, 0) is 10.8 Å². The molecule has 0 bridgehead atoms. The summed E-state index contributed by atoms with van der Waals surface area (Å²) in [5.41, 5.74) is 17.9. The van der Waals surface area contributed by atoms with Gasteiger partial charge >= 0.3 is 6.85 Å². The molecule has 0 amide bonds. The van der Waals surface area contributed by atoms with E-state index in [1.165, 1.54) is 127 Å². The molecule has 1 aliphatic carbocycles. The third-order valence-corrected chi connectivity index (χ3v) is 16.1. The molecule has 14 rings (SSSR count). The number of fused-ring (bicyclic) bond motifs is 17. The molecule has 0 saturated heterocycles. The second-order valence-electron chi connectivity index (χ2n) is 19.1. The van der Waals surface area contributed by atoms with Crippen LogP contribution >= 0.6 is 11.3 Å². The molecule has 5 heterocycles. The van der Waals surface area contributed by atoms with E-state index < -0.39 is 0 Å². The molecule has 3 aliphatic rings. The SMILES string of the molecule is Cc1cc2c(cc1N1B3c4c(cc5c(oc6ccccc65)c4-n4c5cc6ccccc6cc5c5cccc3c54)-c3c1ccc1c3sc3ccccc31)C(C)(C)CCC2(C)C. The fraction of sp³-hybridized carbons (Fsp3) is 0.164. The van der Waals surface area contributed by atoms with Crippen molar-refractivity contribution < 1.29 is 4.42 Å². The highest BCUT2D eigenvalue weighted by Crippen LogP contribution is 2.54. The summed E-state index contributed by atoms with van der Waals surface area (Å²) in [6.45, 7) is 12.1. The van der Waals surface area contributed by atoms with Crippen LogP contribution in [0.5, 0.6) is 0 Å². The Morgan fingerprint density at radius 3 is 2.17 bits per heavy atom. The molecule has 0 atom stereocenters. The summed E-state index contributed by atoms with van der Waals surface area (Å²) in [5, 5.41) is 10.0. The predicted octanol–water partition coefficient (Wildman–Crippen LogP) is 14.1. The first-order valence-corrected chi connectivity index (χ1v) is 22.3. The average molecular weight is 789 g/mol. The van der Waals surface area contributed by atoms with E-state index in [0.717, 1.165) is 16.6 Å². The Labute approximate surface area is 352 Å². The monoisotopic (exact) mass is 788 g/mol. The number of rotatable bonds is 1. The molecule has 3 aromatic heterocycles. The van der Waals surface area contributed by atoms with Crippen LogP contribution in [0.15, 0.2) is 138 Å². The molecule has 0 spiro atoms. The number of furan rings is 1. The van der Waals surface area contributed by atoms with Crippen molar-refractivity contribution in [2.24, 2.45) is 0 Å². The summed E-state index contributed by atoms with van der Waals surface area (Å²) in [5.74, 6) is 0. The highest BCUT2D eigenvalue weighted by Gasteiger charge is 2.47. The Morgan fingerprint density at radius 2 is 1.33 bits per heavy atom. The third kappa shape index (κ3) is 4.07. The summed E-state index contributed by atoms with van der Waals surface area (Å²) in [6, 6.07) is 50.8. The molecule has 0 unspecified atom stereocenters. The number of para-hydroxylation sites is 2. The van der Waals surface area contributed by atoms with Gasteiger partial charge in [0.05, 0.1) is 16.7 Å². The standard InChI is InChI=1S/C55H41BN2OS/c1-30-25-40-41(55(4,5)24-23-54(40,2)3)29-44(30)58-43-22-21-36-34-16-9-11-20-47(34)60-53(36)48(43)39-28-38-33-15-8-10-19-46(33)59-52(38)51-49(39)56(58)42-18-12-17-35-37-26-31-13-6-7-14-32(31)27-45(37)57(51)50(35)42/h6-22,25-29H,23-24H2,1-5H3. The van der Waals surface area contributed by atoms with Crippen LogP contribution in [0.1, 0.15) is 57.2 Å². The van der Waals surface area contributed by atoms with Gasteiger partial charge in [-0.15, -0.1) is 11.3 Å². The highest BCUT2D eigenvalue weighted by atomic mass is 32.1. The lowest BCUT2D eigenvalue weighted by Crippen LogP contribution is -2.60. The molecule has 2 aliphatic heterocycles. The van der Waals surface area contributed by atoms with Crippen LogP contribution in [0.2, 0.25) is 0 Å². The van der Waals surface area contributed by atoms with Crippen molar-refractivity contribution in [1.82, 2.24) is 4.57 Å². The van der Waals surface area contributed by atoms with Crippen molar-refractivity contribution >= 4 is 115 Å². The summed E-state index contributed by atoms with van der Waals surface area (Å²) >= 11 is 1.94. The normalized spacial score (nSPS) is 16.1. The van der Waals surface area contributed by atoms with Crippen LogP contribution in [-0.4, -0.2) is 11.4 Å². The van der Waals surface area contributed by atoms with Gasteiger partial charge in [-0.25, -0.2) is 0 Å². The van der Waals surface area contributed by atoms with E-state index in [2.05, 4.69) is 177 Å². The molecule has 3 nitrogen and oxygen atoms in total. The number of aryl methyl sites for hydroxylation is 1. The van der Waals surface area contributed by atoms with Gasteiger partial charge in [-0.3, -0.25) is 0 Å². The Balaban J connectivity index is 1.22. The molecule has 60 heavy (non-hydrogen) atoms. The van der Waals surface area contributed by atoms with Crippen molar-refractivity contribution in [2.75, 3.05) is 4.81 Å². The van der Waals surface area contributed by atoms with E-state index in [-0.39, 0.29) is 17.7 Å². The van der Waals surface area contributed by atoms with Gasteiger partial charge in [0.1, 0.15) is 5.58 Å². The number of anilines is 2. The maximum atomic E-state index is 7.15. The first kappa shape index (κ1) is 33.5. The quantitative estimate of drug-likeness (QED) is 0.155. The molecule has 0 saturated carbocycles. The van der Waals surface area contributed by atoms with Crippen LogP contribution in [0.25, 0.3) is 91.5 Å². The lowest BCUT2D eigenvalue weighted by Gasteiger charge is -2.45. The molecule has 0 fully saturated rings. The Hall–Kier alpha value is -6.30. The number of benzene rings is 8. The van der Waals surface area contributed by atoms with Gasteiger partial charge in [0.2, 0.25) is 0 Å². The van der Waals surface area contributed by atoms with Crippen LogP contribution in [0, 0.1) is 6.92 Å². The molecule has 0 N–H and O–H groups in total. The summed E-state index contributed by atoms with van der Waals surface area (Å²) in [4.78, 5) is 2.75. The third-order valence-electron chi connectivity index (χ3n) is 14.9. The number of thiophene rings is 1. The minimum absolute atomic E-state index is 0.0614. The van der Waals surface area contributed by atoms with Crippen molar-refractivity contribution in [1.29, 1.82) is 0 Å². The molecule has 8 aromatic carbocycles. The first-order valence-electron chi connectivity index (χ1n) is 21.5. The van der Waals surface area contributed by atoms with E-state index >= 15 is 0 Å².